The normalized spacial score (nSPS) is 12.2. The van der Waals surface area contributed by atoms with Gasteiger partial charge in [0.1, 0.15) is 18.6 Å². The molecule has 0 saturated heterocycles. The van der Waals surface area contributed by atoms with Gasteiger partial charge in [-0.2, -0.15) is 11.8 Å². The third-order valence-corrected chi connectivity index (χ3v) is 6.83. The average Bonchev–Trinajstić information content (AvgIpc) is 2.95. The van der Waals surface area contributed by atoms with Crippen LogP contribution in [0, 0.1) is 0 Å². The number of carboxylic acids is 2. The van der Waals surface area contributed by atoms with Crippen LogP contribution < -0.4 is 16.0 Å². The van der Waals surface area contributed by atoms with Crippen LogP contribution in [0.3, 0.4) is 0 Å². The monoisotopic (exact) mass is 550 g/mol. The summed E-state index contributed by atoms with van der Waals surface area (Å²) in [6, 6.07) is 19.6. The molecule has 0 bridgehead atoms. The molecule has 204 valence electrons. The summed E-state index contributed by atoms with van der Waals surface area (Å²) in [7, 11) is 0. The highest BCUT2D eigenvalue weighted by atomic mass is 32.2. The van der Waals surface area contributed by atoms with Gasteiger partial charge in [0.2, 0.25) is 5.91 Å². The Morgan fingerprint density at radius 1 is 0.949 bits per heavy atom. The molecule has 3 aromatic rings. The summed E-state index contributed by atoms with van der Waals surface area (Å²) in [6.07, 6.45) is 1.43. The van der Waals surface area contributed by atoms with Crippen LogP contribution in [0.2, 0.25) is 0 Å². The van der Waals surface area contributed by atoms with E-state index in [0.29, 0.717) is 11.4 Å². The molecule has 0 aliphatic rings. The Bertz CT molecular complexity index is 1260. The first kappa shape index (κ1) is 29.3. The van der Waals surface area contributed by atoms with Gasteiger partial charge in [-0.1, -0.05) is 48.5 Å². The summed E-state index contributed by atoms with van der Waals surface area (Å²) in [5.41, 5.74) is 8.70. The van der Waals surface area contributed by atoms with Crippen molar-refractivity contribution >= 4 is 41.2 Å². The van der Waals surface area contributed by atoms with Crippen molar-refractivity contribution in [3.63, 3.8) is 0 Å². The van der Waals surface area contributed by atoms with E-state index in [9.17, 15) is 24.3 Å². The average molecular weight is 551 g/mol. The van der Waals surface area contributed by atoms with Gasteiger partial charge in [0.25, 0.3) is 5.91 Å². The topological polar surface area (TPSA) is 163 Å². The molecule has 39 heavy (non-hydrogen) atoms. The SMILES string of the molecule is N[C@@H](CCC(=O)N[C@@H](CSCc1ccc(-c2ccccn2)cc1)C(=O)N(CC(=O)O)c1ccccc1)C(=O)O. The number of nitrogens with zero attached hydrogens (tertiary/aromatic N) is 2. The highest BCUT2D eigenvalue weighted by molar-refractivity contribution is 7.98. The predicted octanol–water partition coefficient (Wildman–Crippen LogP) is 2.78. The zero-order valence-corrected chi connectivity index (χ0v) is 21.9. The van der Waals surface area contributed by atoms with E-state index >= 15 is 0 Å². The largest absolute Gasteiger partial charge is 0.480 e. The van der Waals surface area contributed by atoms with E-state index in [-0.39, 0.29) is 18.6 Å². The van der Waals surface area contributed by atoms with Crippen molar-refractivity contribution in [3.8, 4) is 11.3 Å². The molecule has 0 unspecified atom stereocenters. The molecule has 2 atom stereocenters. The number of carbonyl (C=O) groups is 4. The van der Waals surface area contributed by atoms with Gasteiger partial charge in [0.15, 0.2) is 0 Å². The number of carboxylic acid groups (broad SMARTS) is 2. The first-order valence-electron chi connectivity index (χ1n) is 12.2. The van der Waals surface area contributed by atoms with Crippen molar-refractivity contribution in [3.05, 3.63) is 84.6 Å². The van der Waals surface area contributed by atoms with Crippen molar-refractivity contribution in [2.75, 3.05) is 17.2 Å². The number of carbonyl (C=O) groups excluding carboxylic acids is 2. The maximum absolute atomic E-state index is 13.5. The molecule has 1 heterocycles. The number of aliphatic carboxylic acids is 2. The molecule has 0 aliphatic carbocycles. The number of thioether (sulfide) groups is 1. The van der Waals surface area contributed by atoms with Crippen molar-refractivity contribution in [1.82, 2.24) is 10.3 Å². The summed E-state index contributed by atoms with van der Waals surface area (Å²) < 4.78 is 0. The van der Waals surface area contributed by atoms with Gasteiger partial charge in [0.05, 0.1) is 5.69 Å². The summed E-state index contributed by atoms with van der Waals surface area (Å²) in [5, 5.41) is 21.0. The second-order valence-corrected chi connectivity index (χ2v) is 9.71. The number of nitrogens with two attached hydrogens (primary N) is 1. The lowest BCUT2D eigenvalue weighted by Crippen LogP contribution is -2.51. The predicted molar refractivity (Wildman–Crippen MR) is 149 cm³/mol. The molecule has 0 saturated carbocycles. The van der Waals surface area contributed by atoms with E-state index in [0.717, 1.165) is 21.7 Å². The maximum Gasteiger partial charge on any atom is 0.323 e. The maximum atomic E-state index is 13.5. The van der Waals surface area contributed by atoms with E-state index in [1.807, 2.05) is 42.5 Å². The lowest BCUT2D eigenvalue weighted by molar-refractivity contribution is -0.139. The number of amides is 2. The first-order valence-corrected chi connectivity index (χ1v) is 13.3. The Morgan fingerprint density at radius 3 is 2.26 bits per heavy atom. The van der Waals surface area contributed by atoms with Gasteiger partial charge in [-0.15, -0.1) is 0 Å². The summed E-state index contributed by atoms with van der Waals surface area (Å²) in [4.78, 5) is 54.1. The summed E-state index contributed by atoms with van der Waals surface area (Å²) >= 11 is 1.40. The number of aromatic nitrogens is 1. The summed E-state index contributed by atoms with van der Waals surface area (Å²) in [5.74, 6) is -2.86. The highest BCUT2D eigenvalue weighted by Gasteiger charge is 2.29. The van der Waals surface area contributed by atoms with E-state index < -0.39 is 42.4 Å². The Balaban J connectivity index is 1.71. The number of rotatable bonds is 14. The van der Waals surface area contributed by atoms with E-state index in [1.165, 1.54) is 11.8 Å². The number of para-hydroxylation sites is 1. The van der Waals surface area contributed by atoms with Crippen LogP contribution in [0.4, 0.5) is 5.69 Å². The molecule has 2 amide bonds. The fourth-order valence-electron chi connectivity index (χ4n) is 3.68. The Labute approximate surface area is 230 Å². The van der Waals surface area contributed by atoms with Crippen molar-refractivity contribution in [2.45, 2.75) is 30.7 Å². The van der Waals surface area contributed by atoms with Gasteiger partial charge >= 0.3 is 11.9 Å². The second-order valence-electron chi connectivity index (χ2n) is 8.68. The smallest absolute Gasteiger partial charge is 0.323 e. The molecular formula is C28H30N4O6S. The van der Waals surface area contributed by atoms with Crippen LogP contribution in [0.1, 0.15) is 18.4 Å². The van der Waals surface area contributed by atoms with Crippen LogP contribution in [-0.4, -0.2) is 63.3 Å². The number of nitrogens with one attached hydrogen (secondary N) is 1. The highest BCUT2D eigenvalue weighted by Crippen LogP contribution is 2.21. The van der Waals surface area contributed by atoms with E-state index in [1.54, 1.807) is 36.5 Å². The molecule has 2 aromatic carbocycles. The third-order valence-electron chi connectivity index (χ3n) is 5.73. The Morgan fingerprint density at radius 2 is 1.64 bits per heavy atom. The second kappa shape index (κ2) is 14.6. The standard InChI is InChI=1S/C28H30N4O6S/c29-22(28(37)38)13-14-25(33)31-24(27(36)32(16-26(34)35)21-6-2-1-3-7-21)18-39-17-19-9-11-20(12-10-19)23-8-4-5-15-30-23/h1-12,15,22,24H,13-14,16-18,29H2,(H,31,33)(H,34,35)(H,37,38)/t22-,24-/m0/s1. The molecule has 1 aromatic heterocycles. The van der Waals surface area contributed by atoms with Crippen LogP contribution >= 0.6 is 11.8 Å². The van der Waals surface area contributed by atoms with Crippen LogP contribution in [0.5, 0.6) is 0 Å². The van der Waals surface area contributed by atoms with Crippen molar-refractivity contribution in [2.24, 2.45) is 5.73 Å². The lowest BCUT2D eigenvalue weighted by atomic mass is 10.1. The molecule has 11 heteroatoms. The Hall–Kier alpha value is -4.22. The fraction of sp³-hybridized carbons (Fsp3) is 0.250. The third kappa shape index (κ3) is 9.24. The molecule has 0 radical (unpaired) electrons. The summed E-state index contributed by atoms with van der Waals surface area (Å²) in [6.45, 7) is -0.585. The van der Waals surface area contributed by atoms with Crippen molar-refractivity contribution < 1.29 is 29.4 Å². The van der Waals surface area contributed by atoms with Gasteiger partial charge in [-0.25, -0.2) is 0 Å². The number of pyridine rings is 1. The molecular weight excluding hydrogens is 520 g/mol. The molecule has 0 fully saturated rings. The molecule has 10 nitrogen and oxygen atoms in total. The van der Waals surface area contributed by atoms with Gasteiger partial charge in [0, 0.05) is 35.4 Å². The number of hydrogen-bond donors (Lipinski definition) is 4. The molecule has 3 rings (SSSR count). The molecule has 5 N–H and O–H groups in total. The van der Waals surface area contributed by atoms with Crippen LogP contribution in [-0.2, 0) is 24.9 Å². The lowest BCUT2D eigenvalue weighted by Gasteiger charge is -2.27. The minimum absolute atomic E-state index is 0.102. The minimum atomic E-state index is -1.23. The molecule has 0 spiro atoms. The molecule has 0 aliphatic heterocycles. The Kier molecular flexibility index (Phi) is 11.0. The zero-order chi connectivity index (χ0) is 28.2. The number of hydrogen-bond acceptors (Lipinski definition) is 7. The first-order chi connectivity index (χ1) is 18.7. The quantitative estimate of drug-likeness (QED) is 0.236. The van der Waals surface area contributed by atoms with E-state index in [4.69, 9.17) is 10.8 Å². The van der Waals surface area contributed by atoms with Gasteiger partial charge in [-0.05, 0) is 36.2 Å². The van der Waals surface area contributed by atoms with Gasteiger partial charge < -0.3 is 21.3 Å². The van der Waals surface area contributed by atoms with Crippen LogP contribution in [0.15, 0.2) is 79.0 Å². The van der Waals surface area contributed by atoms with Crippen molar-refractivity contribution in [1.29, 1.82) is 0 Å². The fourth-order valence-corrected chi connectivity index (χ4v) is 4.69. The van der Waals surface area contributed by atoms with Gasteiger partial charge in [-0.3, -0.25) is 29.1 Å². The number of anilines is 1. The minimum Gasteiger partial charge on any atom is -0.480 e. The zero-order valence-electron chi connectivity index (χ0n) is 21.1. The number of benzene rings is 2. The van der Waals surface area contributed by atoms with Crippen LogP contribution in [0.25, 0.3) is 11.3 Å². The van der Waals surface area contributed by atoms with E-state index in [2.05, 4.69) is 10.3 Å².